The number of benzene rings is 2. The van der Waals surface area contributed by atoms with E-state index >= 15 is 0 Å². The van der Waals surface area contributed by atoms with E-state index in [1.54, 1.807) is 26.1 Å². The molecule has 0 aliphatic carbocycles. The maximum atomic E-state index is 12.0. The van der Waals surface area contributed by atoms with Gasteiger partial charge in [-0.3, -0.25) is 9.59 Å². The smallest absolute Gasteiger partial charge is 0.245 e. The molecule has 2 aromatic carbocycles. The van der Waals surface area contributed by atoms with E-state index in [9.17, 15) is 9.59 Å². The normalized spacial score (nSPS) is 25.4. The third-order valence-electron chi connectivity index (χ3n) is 6.63. The van der Waals surface area contributed by atoms with Crippen LogP contribution >= 0.6 is 23.2 Å². The molecule has 0 saturated carbocycles. The lowest BCUT2D eigenvalue weighted by molar-refractivity contribution is -0.146. The van der Waals surface area contributed by atoms with Crippen molar-refractivity contribution in [2.45, 2.75) is 50.9 Å². The Labute approximate surface area is 212 Å². The van der Waals surface area contributed by atoms with Gasteiger partial charge in [0.15, 0.2) is 0 Å². The molecule has 2 heterocycles. The van der Waals surface area contributed by atoms with Gasteiger partial charge in [0.1, 0.15) is 12.1 Å². The summed E-state index contributed by atoms with van der Waals surface area (Å²) in [7, 11) is 3.85. The molecule has 0 bridgehead atoms. The predicted molar refractivity (Wildman–Crippen MR) is 138 cm³/mol. The highest BCUT2D eigenvalue weighted by molar-refractivity contribution is 6.30. The van der Waals surface area contributed by atoms with Crippen LogP contribution in [0.25, 0.3) is 0 Å². The number of carbonyl (C=O) groups is 2. The highest BCUT2D eigenvalue weighted by Gasteiger charge is 2.35. The highest BCUT2D eigenvalue weighted by Crippen LogP contribution is 2.15. The second-order valence-corrected chi connectivity index (χ2v) is 10.1. The number of amides is 2. The van der Waals surface area contributed by atoms with E-state index in [0.717, 1.165) is 30.1 Å². The zero-order valence-electron chi connectivity index (χ0n) is 20.2. The molecule has 34 heavy (non-hydrogen) atoms. The van der Waals surface area contributed by atoms with Crippen molar-refractivity contribution in [2.24, 2.45) is 0 Å². The molecule has 8 heteroatoms. The molecule has 2 aromatic rings. The minimum atomic E-state index is -0.486. The highest BCUT2D eigenvalue weighted by atomic mass is 35.5. The molecular weight excluding hydrogens is 471 g/mol. The molecule has 4 atom stereocenters. The molecular formula is C26H34Cl2N4O2. The number of carbonyl (C=O) groups excluding carboxylic acids is 2. The molecule has 2 amide bonds. The fourth-order valence-electron chi connectivity index (χ4n) is 4.09. The number of hydrogen-bond acceptors (Lipinski definition) is 4. The molecule has 2 unspecified atom stereocenters. The summed E-state index contributed by atoms with van der Waals surface area (Å²) in [5.74, 6) is -0.173. The van der Waals surface area contributed by atoms with Crippen LogP contribution in [-0.2, 0) is 22.4 Å². The zero-order chi connectivity index (χ0) is 24.8. The summed E-state index contributed by atoms with van der Waals surface area (Å²) < 4.78 is 0. The molecule has 0 radical (unpaired) electrons. The number of piperazine rings is 2. The first-order valence-electron chi connectivity index (χ1n) is 11.6. The predicted octanol–water partition coefficient (Wildman–Crippen LogP) is 3.40. The average molecular weight is 505 g/mol. The fourth-order valence-corrected chi connectivity index (χ4v) is 4.34. The molecule has 4 rings (SSSR count). The molecule has 2 N–H and O–H groups in total. The van der Waals surface area contributed by atoms with E-state index in [4.69, 9.17) is 23.2 Å². The van der Waals surface area contributed by atoms with Crippen molar-refractivity contribution < 1.29 is 9.59 Å². The summed E-state index contributed by atoms with van der Waals surface area (Å²) in [4.78, 5) is 27.6. The Kier molecular flexibility index (Phi) is 9.37. The van der Waals surface area contributed by atoms with Crippen LogP contribution in [0.15, 0.2) is 48.5 Å². The monoisotopic (exact) mass is 504 g/mol. The van der Waals surface area contributed by atoms with Crippen molar-refractivity contribution >= 4 is 35.0 Å². The minimum absolute atomic E-state index is 0.0583. The number of nitrogens with one attached hydrogen (secondary N) is 2. The maximum absolute atomic E-state index is 12.0. The first-order valence-corrected chi connectivity index (χ1v) is 12.4. The first kappa shape index (κ1) is 26.5. The van der Waals surface area contributed by atoms with Crippen LogP contribution in [0.2, 0.25) is 10.0 Å². The summed E-state index contributed by atoms with van der Waals surface area (Å²) in [6.45, 7) is 6.16. The standard InChI is InChI=1S/C13H15ClN2O2.C13H19ClN2/c1-8-12(17)15-11(13(18)16(8)2)7-9-3-5-10(14)6-4-9;1-10-8-15-13(9-16(10)2)7-11-3-5-12(14)6-4-11/h3-6,8,11H,7H2,1-2H3,(H,15,17);3-6,10,13,15H,7-9H2,1-2H3/t8-,11?;10-,13?/m00/s1. The topological polar surface area (TPSA) is 64.7 Å². The Morgan fingerprint density at radius 1 is 0.882 bits per heavy atom. The molecule has 0 spiro atoms. The Morgan fingerprint density at radius 2 is 1.41 bits per heavy atom. The molecule has 2 fully saturated rings. The van der Waals surface area contributed by atoms with E-state index in [-0.39, 0.29) is 11.8 Å². The quantitative estimate of drug-likeness (QED) is 0.669. The van der Waals surface area contributed by atoms with Crippen LogP contribution in [0.4, 0.5) is 0 Å². The molecule has 0 aromatic heterocycles. The largest absolute Gasteiger partial charge is 0.342 e. The lowest BCUT2D eigenvalue weighted by Gasteiger charge is -2.36. The van der Waals surface area contributed by atoms with Crippen LogP contribution in [0.5, 0.6) is 0 Å². The number of rotatable bonds is 4. The summed E-state index contributed by atoms with van der Waals surface area (Å²) in [5.41, 5.74) is 2.32. The van der Waals surface area contributed by atoms with E-state index in [2.05, 4.69) is 41.6 Å². The lowest BCUT2D eigenvalue weighted by atomic mass is 10.0. The van der Waals surface area contributed by atoms with Crippen molar-refractivity contribution in [1.29, 1.82) is 0 Å². The van der Waals surface area contributed by atoms with Crippen LogP contribution in [0.1, 0.15) is 25.0 Å². The Hall–Kier alpha value is -2.12. The maximum Gasteiger partial charge on any atom is 0.245 e. The first-order chi connectivity index (χ1) is 16.1. The van der Waals surface area contributed by atoms with Crippen LogP contribution in [-0.4, -0.2) is 73.0 Å². The molecule has 2 aliphatic rings. The second kappa shape index (κ2) is 12.0. The lowest BCUT2D eigenvalue weighted by Crippen LogP contribution is -2.61. The third-order valence-corrected chi connectivity index (χ3v) is 7.14. The van der Waals surface area contributed by atoms with E-state index in [0.29, 0.717) is 23.5 Å². The average Bonchev–Trinajstić information content (AvgIpc) is 2.82. The third kappa shape index (κ3) is 7.19. The summed E-state index contributed by atoms with van der Waals surface area (Å²) in [6.07, 6.45) is 1.56. The molecule has 2 aliphatic heterocycles. The van der Waals surface area contributed by atoms with E-state index in [1.165, 1.54) is 10.5 Å². The summed E-state index contributed by atoms with van der Waals surface area (Å²) >= 11 is 11.7. The van der Waals surface area contributed by atoms with Gasteiger partial charge in [0, 0.05) is 48.7 Å². The second-order valence-electron chi connectivity index (χ2n) is 9.24. The van der Waals surface area contributed by atoms with Gasteiger partial charge in [0.2, 0.25) is 11.8 Å². The fraction of sp³-hybridized carbons (Fsp3) is 0.462. The van der Waals surface area contributed by atoms with Gasteiger partial charge in [-0.05, 0) is 62.7 Å². The zero-order valence-corrected chi connectivity index (χ0v) is 21.7. The van der Waals surface area contributed by atoms with E-state index < -0.39 is 12.1 Å². The van der Waals surface area contributed by atoms with Gasteiger partial charge < -0.3 is 20.4 Å². The van der Waals surface area contributed by atoms with Gasteiger partial charge >= 0.3 is 0 Å². The molecule has 184 valence electrons. The van der Waals surface area contributed by atoms with Crippen molar-refractivity contribution in [3.63, 3.8) is 0 Å². The Balaban J connectivity index is 0.000000192. The van der Waals surface area contributed by atoms with Gasteiger partial charge in [-0.25, -0.2) is 0 Å². The number of hydrogen-bond donors (Lipinski definition) is 2. The number of halogens is 2. The molecule has 6 nitrogen and oxygen atoms in total. The minimum Gasteiger partial charge on any atom is -0.342 e. The number of nitrogens with zero attached hydrogens (tertiary/aromatic N) is 2. The van der Waals surface area contributed by atoms with Gasteiger partial charge in [0.25, 0.3) is 0 Å². The van der Waals surface area contributed by atoms with Crippen LogP contribution in [0, 0.1) is 0 Å². The van der Waals surface area contributed by atoms with Crippen molar-refractivity contribution in [3.05, 3.63) is 69.7 Å². The van der Waals surface area contributed by atoms with Gasteiger partial charge in [-0.1, -0.05) is 47.5 Å². The number of likely N-dealkylation sites (N-methyl/N-ethyl adjacent to an activating group) is 2. The SMILES string of the molecule is C[C@H]1C(=O)NC(Cc2ccc(Cl)cc2)C(=O)N1C.C[C@H]1CNC(Cc2ccc(Cl)cc2)CN1C. The van der Waals surface area contributed by atoms with E-state index in [1.807, 2.05) is 24.3 Å². The van der Waals surface area contributed by atoms with Gasteiger partial charge in [0.05, 0.1) is 0 Å². The Bertz CT molecular complexity index is 968. The van der Waals surface area contributed by atoms with Gasteiger partial charge in [-0.2, -0.15) is 0 Å². The van der Waals surface area contributed by atoms with Crippen LogP contribution in [0.3, 0.4) is 0 Å². The van der Waals surface area contributed by atoms with Crippen molar-refractivity contribution in [1.82, 2.24) is 20.4 Å². The summed E-state index contributed by atoms with van der Waals surface area (Å²) in [5, 5.41) is 7.80. The Morgan fingerprint density at radius 3 is 1.94 bits per heavy atom. The van der Waals surface area contributed by atoms with Gasteiger partial charge in [-0.15, -0.1) is 0 Å². The van der Waals surface area contributed by atoms with Crippen molar-refractivity contribution in [3.8, 4) is 0 Å². The van der Waals surface area contributed by atoms with Crippen LogP contribution < -0.4 is 10.6 Å². The molecule has 2 saturated heterocycles. The van der Waals surface area contributed by atoms with Crippen molar-refractivity contribution in [2.75, 3.05) is 27.2 Å². The summed E-state index contributed by atoms with van der Waals surface area (Å²) in [6, 6.07) is 15.7.